The molecule has 23 heavy (non-hydrogen) atoms. The van der Waals surface area contributed by atoms with Gasteiger partial charge in [-0.25, -0.2) is 0 Å². The van der Waals surface area contributed by atoms with Gasteiger partial charge in [-0.2, -0.15) is 0 Å². The number of rotatable bonds is 4. The summed E-state index contributed by atoms with van der Waals surface area (Å²) in [5.74, 6) is 0.154. The maximum absolute atomic E-state index is 12.4. The molecule has 0 saturated carbocycles. The molecule has 0 N–H and O–H groups in total. The first-order valence-corrected chi connectivity index (χ1v) is 8.57. The van der Waals surface area contributed by atoms with E-state index in [1.807, 2.05) is 4.90 Å². The molecule has 0 atom stereocenters. The number of hydrogen-bond acceptors (Lipinski definition) is 3. The van der Waals surface area contributed by atoms with Gasteiger partial charge in [-0.05, 0) is 37.0 Å². The van der Waals surface area contributed by atoms with Crippen molar-refractivity contribution in [2.24, 2.45) is 0 Å². The third kappa shape index (κ3) is 4.03. The minimum Gasteiger partial charge on any atom is -0.372 e. The fourth-order valence-corrected chi connectivity index (χ4v) is 3.34. The van der Waals surface area contributed by atoms with Gasteiger partial charge >= 0.3 is 0 Å². The zero-order chi connectivity index (χ0) is 16.1. The molecule has 2 aliphatic heterocycles. The molecule has 2 saturated heterocycles. The highest BCUT2D eigenvalue weighted by atomic mass is 16.2. The highest BCUT2D eigenvalue weighted by Gasteiger charge is 2.20. The second kappa shape index (κ2) is 7.49. The average Bonchev–Trinajstić information content (AvgIpc) is 2.63. The summed E-state index contributed by atoms with van der Waals surface area (Å²) in [6.07, 6.45) is 5.18. The van der Waals surface area contributed by atoms with Crippen LogP contribution in [0.3, 0.4) is 0 Å². The fourth-order valence-electron chi connectivity index (χ4n) is 3.34. The van der Waals surface area contributed by atoms with Gasteiger partial charge in [0.15, 0.2) is 0 Å². The van der Waals surface area contributed by atoms with Crippen LogP contribution in [0.15, 0.2) is 24.3 Å². The van der Waals surface area contributed by atoms with Crippen molar-refractivity contribution in [2.75, 3.05) is 44.2 Å². The molecule has 0 aliphatic carbocycles. The number of nitrogens with zero attached hydrogens (tertiary/aromatic N) is 3. The van der Waals surface area contributed by atoms with E-state index in [1.54, 1.807) is 4.90 Å². The van der Waals surface area contributed by atoms with E-state index in [2.05, 4.69) is 29.2 Å². The van der Waals surface area contributed by atoms with Gasteiger partial charge in [-0.3, -0.25) is 9.59 Å². The highest BCUT2D eigenvalue weighted by Crippen LogP contribution is 2.20. The Morgan fingerprint density at radius 1 is 0.913 bits per heavy atom. The summed E-state index contributed by atoms with van der Waals surface area (Å²) >= 11 is 0. The van der Waals surface area contributed by atoms with Crippen LogP contribution in [0, 0.1) is 0 Å². The van der Waals surface area contributed by atoms with E-state index in [0.29, 0.717) is 32.6 Å². The molecular weight excluding hydrogens is 290 g/mol. The first-order valence-electron chi connectivity index (χ1n) is 8.57. The summed E-state index contributed by atoms with van der Waals surface area (Å²) < 4.78 is 0. The van der Waals surface area contributed by atoms with Crippen LogP contribution in [0.4, 0.5) is 5.69 Å². The van der Waals surface area contributed by atoms with E-state index < -0.39 is 0 Å². The Balaban J connectivity index is 1.53. The predicted octanol–water partition coefficient (Wildman–Crippen LogP) is 1.52. The number of anilines is 1. The SMILES string of the molecule is O=CN1CCN(C(=O)Cc2ccc(N3CCCCC3)cc2)CC1. The van der Waals surface area contributed by atoms with Gasteiger partial charge in [-0.15, -0.1) is 0 Å². The molecule has 3 rings (SSSR count). The van der Waals surface area contributed by atoms with Crippen molar-refractivity contribution in [3.8, 4) is 0 Å². The van der Waals surface area contributed by atoms with Crippen LogP contribution >= 0.6 is 0 Å². The highest BCUT2D eigenvalue weighted by molar-refractivity contribution is 5.79. The molecule has 1 aromatic carbocycles. The van der Waals surface area contributed by atoms with Gasteiger partial charge in [0.25, 0.3) is 0 Å². The Labute approximate surface area is 137 Å². The van der Waals surface area contributed by atoms with Gasteiger partial charge in [-0.1, -0.05) is 12.1 Å². The average molecular weight is 315 g/mol. The number of piperazine rings is 1. The zero-order valence-electron chi connectivity index (χ0n) is 13.6. The van der Waals surface area contributed by atoms with E-state index in [4.69, 9.17) is 0 Å². The second-order valence-corrected chi connectivity index (χ2v) is 6.41. The van der Waals surface area contributed by atoms with E-state index in [0.717, 1.165) is 25.1 Å². The first-order chi connectivity index (χ1) is 11.3. The zero-order valence-corrected chi connectivity index (χ0v) is 13.6. The van der Waals surface area contributed by atoms with Crippen molar-refractivity contribution in [3.63, 3.8) is 0 Å². The van der Waals surface area contributed by atoms with Crippen molar-refractivity contribution < 1.29 is 9.59 Å². The quantitative estimate of drug-likeness (QED) is 0.791. The predicted molar refractivity (Wildman–Crippen MR) is 90.4 cm³/mol. The number of carbonyl (C=O) groups is 2. The van der Waals surface area contributed by atoms with E-state index >= 15 is 0 Å². The minimum absolute atomic E-state index is 0.154. The number of hydrogen-bond donors (Lipinski definition) is 0. The standard InChI is InChI=1S/C18H25N3O2/c22-15-19-10-12-21(13-11-19)18(23)14-16-4-6-17(7-5-16)20-8-2-1-3-9-20/h4-7,15H,1-3,8-14H2. The van der Waals surface area contributed by atoms with Gasteiger partial charge in [0.1, 0.15) is 0 Å². The van der Waals surface area contributed by atoms with Gasteiger partial charge < -0.3 is 14.7 Å². The molecule has 5 nitrogen and oxygen atoms in total. The van der Waals surface area contributed by atoms with Crippen molar-refractivity contribution in [1.82, 2.24) is 9.80 Å². The van der Waals surface area contributed by atoms with Gasteiger partial charge in [0.2, 0.25) is 12.3 Å². The molecule has 1 aromatic rings. The number of benzene rings is 1. The Hall–Kier alpha value is -2.04. The van der Waals surface area contributed by atoms with Gasteiger partial charge in [0, 0.05) is 45.0 Å². The summed E-state index contributed by atoms with van der Waals surface area (Å²) in [7, 11) is 0. The third-order valence-corrected chi connectivity index (χ3v) is 4.83. The van der Waals surface area contributed by atoms with Crippen molar-refractivity contribution >= 4 is 18.0 Å². The smallest absolute Gasteiger partial charge is 0.227 e. The van der Waals surface area contributed by atoms with Crippen LogP contribution in [0.25, 0.3) is 0 Å². The second-order valence-electron chi connectivity index (χ2n) is 6.41. The lowest BCUT2D eigenvalue weighted by Gasteiger charge is -2.32. The molecule has 2 fully saturated rings. The largest absolute Gasteiger partial charge is 0.372 e. The molecule has 5 heteroatoms. The van der Waals surface area contributed by atoms with Crippen LogP contribution in [0.5, 0.6) is 0 Å². The third-order valence-electron chi connectivity index (χ3n) is 4.83. The lowest BCUT2D eigenvalue weighted by molar-refractivity contribution is -0.134. The fraction of sp³-hybridized carbons (Fsp3) is 0.556. The summed E-state index contributed by atoms with van der Waals surface area (Å²) in [4.78, 5) is 29.1. The molecular formula is C18H25N3O2. The summed E-state index contributed by atoms with van der Waals surface area (Å²) in [5, 5.41) is 0. The van der Waals surface area contributed by atoms with E-state index in [-0.39, 0.29) is 5.91 Å². The minimum atomic E-state index is 0.154. The lowest BCUT2D eigenvalue weighted by atomic mass is 10.1. The maximum atomic E-state index is 12.4. The summed E-state index contributed by atoms with van der Waals surface area (Å²) in [6, 6.07) is 8.42. The first kappa shape index (κ1) is 15.8. The Kier molecular flexibility index (Phi) is 5.16. The number of piperidine rings is 1. The molecule has 2 aliphatic rings. The maximum Gasteiger partial charge on any atom is 0.227 e. The topological polar surface area (TPSA) is 43.9 Å². The number of carbonyl (C=O) groups excluding carboxylic acids is 2. The molecule has 0 bridgehead atoms. The lowest BCUT2D eigenvalue weighted by Crippen LogP contribution is -2.48. The molecule has 2 heterocycles. The molecule has 0 radical (unpaired) electrons. The normalized spacial score (nSPS) is 18.9. The molecule has 124 valence electrons. The van der Waals surface area contributed by atoms with Crippen molar-refractivity contribution in [3.05, 3.63) is 29.8 Å². The van der Waals surface area contributed by atoms with Crippen molar-refractivity contribution in [2.45, 2.75) is 25.7 Å². The molecule has 0 aromatic heterocycles. The van der Waals surface area contributed by atoms with Crippen LogP contribution in [-0.4, -0.2) is 61.4 Å². The molecule has 0 spiro atoms. The Morgan fingerprint density at radius 3 is 2.17 bits per heavy atom. The molecule has 0 unspecified atom stereocenters. The van der Waals surface area contributed by atoms with Crippen LogP contribution in [0.2, 0.25) is 0 Å². The Bertz CT molecular complexity index is 530. The van der Waals surface area contributed by atoms with Gasteiger partial charge in [0.05, 0.1) is 6.42 Å². The van der Waals surface area contributed by atoms with Crippen LogP contribution in [0.1, 0.15) is 24.8 Å². The van der Waals surface area contributed by atoms with E-state index in [1.165, 1.54) is 24.9 Å². The van der Waals surface area contributed by atoms with Crippen molar-refractivity contribution in [1.29, 1.82) is 0 Å². The van der Waals surface area contributed by atoms with Crippen LogP contribution in [-0.2, 0) is 16.0 Å². The monoisotopic (exact) mass is 315 g/mol. The Morgan fingerprint density at radius 2 is 1.57 bits per heavy atom. The summed E-state index contributed by atoms with van der Waals surface area (Å²) in [6.45, 7) is 4.84. The van der Waals surface area contributed by atoms with Crippen LogP contribution < -0.4 is 4.90 Å². The number of amides is 2. The van der Waals surface area contributed by atoms with E-state index in [9.17, 15) is 9.59 Å². The molecule has 2 amide bonds. The summed E-state index contributed by atoms with van der Waals surface area (Å²) in [5.41, 5.74) is 2.33.